The van der Waals surface area contributed by atoms with Crippen LogP contribution < -0.4 is 10.6 Å². The van der Waals surface area contributed by atoms with Crippen molar-refractivity contribution in [3.8, 4) is 0 Å². The van der Waals surface area contributed by atoms with Crippen LogP contribution in [0.25, 0.3) is 0 Å². The van der Waals surface area contributed by atoms with E-state index in [0.717, 1.165) is 14.9 Å². The Kier molecular flexibility index (Phi) is 6.20. The molecule has 2 aromatic carbocycles. The van der Waals surface area contributed by atoms with Crippen LogP contribution in [0.1, 0.15) is 18.9 Å². The number of carbonyl (C=O) groups is 3. The number of halogens is 2. The molecule has 1 aliphatic heterocycles. The van der Waals surface area contributed by atoms with Crippen molar-refractivity contribution < 1.29 is 14.4 Å². The average Bonchev–Trinajstić information content (AvgIpc) is 2.87. The van der Waals surface area contributed by atoms with Crippen LogP contribution in [0.3, 0.4) is 0 Å². The minimum absolute atomic E-state index is 0.339. The molecule has 1 heterocycles. The Morgan fingerprint density at radius 3 is 2.54 bits per heavy atom. The molecule has 1 fully saturated rings. The monoisotopic (exact) mass is 507 g/mol. The number of anilines is 1. The number of nitrogens with one attached hydrogen (secondary N) is 2. The molecule has 8 heteroatoms. The Balaban J connectivity index is 1.63. The van der Waals surface area contributed by atoms with Crippen molar-refractivity contribution in [2.45, 2.75) is 25.3 Å². The van der Waals surface area contributed by atoms with Gasteiger partial charge in [-0.25, -0.2) is 4.79 Å². The molecule has 2 aromatic rings. The number of amides is 4. The van der Waals surface area contributed by atoms with Crippen LogP contribution in [0.4, 0.5) is 10.5 Å². The van der Waals surface area contributed by atoms with Crippen molar-refractivity contribution in [1.29, 1.82) is 0 Å². The van der Waals surface area contributed by atoms with E-state index in [0.29, 0.717) is 23.0 Å². The van der Waals surface area contributed by atoms with Crippen molar-refractivity contribution in [2.24, 2.45) is 0 Å². The topological polar surface area (TPSA) is 78.5 Å². The maximum atomic E-state index is 12.8. The van der Waals surface area contributed by atoms with Crippen LogP contribution >= 0.6 is 31.9 Å². The molecule has 0 spiro atoms. The van der Waals surface area contributed by atoms with Crippen LogP contribution in [0, 0.1) is 0 Å². The maximum absolute atomic E-state index is 12.8. The number of urea groups is 1. The molecule has 0 saturated carbocycles. The van der Waals surface area contributed by atoms with Gasteiger partial charge >= 0.3 is 6.03 Å². The first-order valence-electron chi connectivity index (χ1n) is 8.71. The molecule has 1 aliphatic rings. The minimum atomic E-state index is -1.02. The molecule has 4 amide bonds. The summed E-state index contributed by atoms with van der Waals surface area (Å²) < 4.78 is 1.56. The number of imide groups is 1. The van der Waals surface area contributed by atoms with Crippen LogP contribution in [-0.4, -0.2) is 34.8 Å². The summed E-state index contributed by atoms with van der Waals surface area (Å²) >= 11 is 6.71. The van der Waals surface area contributed by atoms with Gasteiger partial charge in [-0.15, -0.1) is 0 Å². The van der Waals surface area contributed by atoms with E-state index in [1.54, 1.807) is 25.1 Å². The molecular weight excluding hydrogens is 490 g/mol. The molecular formula is C20H19Br2N3O3. The summed E-state index contributed by atoms with van der Waals surface area (Å²) in [6.07, 6.45) is 1.10. The van der Waals surface area contributed by atoms with E-state index in [1.165, 1.54) is 0 Å². The van der Waals surface area contributed by atoms with Crippen LogP contribution in [0.2, 0.25) is 0 Å². The second kappa shape index (κ2) is 8.45. The lowest BCUT2D eigenvalue weighted by atomic mass is 9.93. The minimum Gasteiger partial charge on any atom is -0.323 e. The summed E-state index contributed by atoms with van der Waals surface area (Å²) in [4.78, 5) is 38.5. The molecule has 6 nitrogen and oxygen atoms in total. The molecule has 0 aromatic heterocycles. The Bertz CT molecular complexity index is 920. The predicted octanol–water partition coefficient (Wildman–Crippen LogP) is 4.09. The van der Waals surface area contributed by atoms with Gasteiger partial charge in [-0.05, 0) is 59.5 Å². The zero-order chi connectivity index (χ0) is 20.3. The zero-order valence-electron chi connectivity index (χ0n) is 15.2. The quantitative estimate of drug-likeness (QED) is 0.577. The Hall–Kier alpha value is -2.19. The third-order valence-corrected chi connectivity index (χ3v) is 5.76. The summed E-state index contributed by atoms with van der Waals surface area (Å²) in [5.74, 6) is -0.836. The lowest BCUT2D eigenvalue weighted by molar-refractivity contribution is -0.133. The Morgan fingerprint density at radius 1 is 1.14 bits per heavy atom. The zero-order valence-corrected chi connectivity index (χ0v) is 18.3. The second-order valence-electron chi connectivity index (χ2n) is 6.81. The van der Waals surface area contributed by atoms with Gasteiger partial charge in [0.1, 0.15) is 12.1 Å². The normalized spacial score (nSPS) is 18.9. The first-order valence-corrected chi connectivity index (χ1v) is 10.3. The molecule has 2 N–H and O–H groups in total. The highest BCUT2D eigenvalue weighted by Crippen LogP contribution is 2.27. The van der Waals surface area contributed by atoms with Gasteiger partial charge in [0, 0.05) is 8.95 Å². The van der Waals surface area contributed by atoms with Crippen molar-refractivity contribution in [1.82, 2.24) is 10.2 Å². The SMILES string of the molecule is C[C@@]1(CCc2ccccc2)NC(=O)N(CC(=O)Nc2ccc(Br)cc2Br)C1=O. The van der Waals surface area contributed by atoms with E-state index in [2.05, 4.69) is 42.5 Å². The molecule has 1 saturated heterocycles. The van der Waals surface area contributed by atoms with Gasteiger partial charge in [-0.1, -0.05) is 46.3 Å². The molecule has 0 unspecified atom stereocenters. The van der Waals surface area contributed by atoms with Crippen molar-refractivity contribution in [3.05, 3.63) is 63.0 Å². The van der Waals surface area contributed by atoms with Crippen molar-refractivity contribution in [3.63, 3.8) is 0 Å². The third kappa shape index (κ3) is 4.62. The van der Waals surface area contributed by atoms with E-state index in [1.807, 2.05) is 30.3 Å². The van der Waals surface area contributed by atoms with Crippen LogP contribution in [0.5, 0.6) is 0 Å². The van der Waals surface area contributed by atoms with Gasteiger partial charge in [-0.2, -0.15) is 0 Å². The fraction of sp³-hybridized carbons (Fsp3) is 0.250. The highest BCUT2D eigenvalue weighted by molar-refractivity contribution is 9.11. The lowest BCUT2D eigenvalue weighted by Crippen LogP contribution is -2.45. The van der Waals surface area contributed by atoms with E-state index >= 15 is 0 Å². The third-order valence-electron chi connectivity index (χ3n) is 4.61. The number of rotatable bonds is 6. The van der Waals surface area contributed by atoms with Gasteiger partial charge in [0.25, 0.3) is 5.91 Å². The number of nitrogens with zero attached hydrogens (tertiary/aromatic N) is 1. The lowest BCUT2D eigenvalue weighted by Gasteiger charge is -2.21. The largest absolute Gasteiger partial charge is 0.325 e. The Morgan fingerprint density at radius 2 is 1.86 bits per heavy atom. The molecule has 0 aliphatic carbocycles. The molecule has 146 valence electrons. The second-order valence-corrected chi connectivity index (χ2v) is 8.58. The van der Waals surface area contributed by atoms with Gasteiger partial charge in [0.2, 0.25) is 5.91 Å². The van der Waals surface area contributed by atoms with E-state index in [9.17, 15) is 14.4 Å². The first-order chi connectivity index (χ1) is 13.3. The molecule has 3 rings (SSSR count). The predicted molar refractivity (Wildman–Crippen MR) is 114 cm³/mol. The number of benzene rings is 2. The van der Waals surface area contributed by atoms with Crippen molar-refractivity contribution in [2.75, 3.05) is 11.9 Å². The van der Waals surface area contributed by atoms with Crippen LogP contribution in [0.15, 0.2) is 57.5 Å². The number of hydrogen-bond acceptors (Lipinski definition) is 3. The van der Waals surface area contributed by atoms with Crippen LogP contribution in [-0.2, 0) is 16.0 Å². The number of aryl methyl sites for hydroxylation is 1. The van der Waals surface area contributed by atoms with E-state index < -0.39 is 23.4 Å². The molecule has 28 heavy (non-hydrogen) atoms. The van der Waals surface area contributed by atoms with Crippen molar-refractivity contribution >= 4 is 55.4 Å². The fourth-order valence-electron chi connectivity index (χ4n) is 3.02. The highest BCUT2D eigenvalue weighted by Gasteiger charge is 2.47. The average molecular weight is 509 g/mol. The summed E-state index contributed by atoms with van der Waals surface area (Å²) in [6.45, 7) is 1.35. The Labute approximate surface area is 179 Å². The standard InChI is InChI=1S/C20H19Br2N3O3/c1-20(10-9-13-5-3-2-4-6-13)18(27)25(19(28)24-20)12-17(26)23-16-8-7-14(21)11-15(16)22/h2-8,11H,9-10,12H2,1H3,(H,23,26)(H,24,28)/t20-/m0/s1. The number of carbonyl (C=O) groups excluding carboxylic acids is 3. The highest BCUT2D eigenvalue weighted by atomic mass is 79.9. The van der Waals surface area contributed by atoms with Gasteiger partial charge < -0.3 is 10.6 Å². The molecule has 0 radical (unpaired) electrons. The number of hydrogen-bond donors (Lipinski definition) is 2. The first kappa shape index (κ1) is 20.5. The van der Waals surface area contributed by atoms with Gasteiger partial charge in [0.15, 0.2) is 0 Å². The maximum Gasteiger partial charge on any atom is 0.325 e. The summed E-state index contributed by atoms with van der Waals surface area (Å²) in [6, 6.07) is 14.5. The molecule has 1 atom stereocenters. The van der Waals surface area contributed by atoms with Gasteiger partial charge in [0.05, 0.1) is 5.69 Å². The van der Waals surface area contributed by atoms with Gasteiger partial charge in [-0.3, -0.25) is 14.5 Å². The van der Waals surface area contributed by atoms with E-state index in [4.69, 9.17) is 0 Å². The molecule has 0 bridgehead atoms. The fourth-order valence-corrected chi connectivity index (χ4v) is 4.17. The summed E-state index contributed by atoms with van der Waals surface area (Å²) in [5.41, 5.74) is 0.625. The van der Waals surface area contributed by atoms with E-state index in [-0.39, 0.29) is 6.54 Å². The summed E-state index contributed by atoms with van der Waals surface area (Å²) in [5, 5.41) is 5.44. The smallest absolute Gasteiger partial charge is 0.323 e. The summed E-state index contributed by atoms with van der Waals surface area (Å²) in [7, 11) is 0.